The van der Waals surface area contributed by atoms with Crippen LogP contribution < -0.4 is 0 Å². The van der Waals surface area contributed by atoms with Gasteiger partial charge in [0.1, 0.15) is 0 Å². The van der Waals surface area contributed by atoms with Crippen molar-refractivity contribution in [1.82, 2.24) is 0 Å². The van der Waals surface area contributed by atoms with E-state index in [-0.39, 0.29) is 12.6 Å². The Morgan fingerprint density at radius 2 is 0.750 bits per heavy atom. The van der Waals surface area contributed by atoms with Crippen LogP contribution in [0.2, 0.25) is 0 Å². The van der Waals surface area contributed by atoms with Crippen molar-refractivity contribution < 1.29 is 18.9 Å². The SMILES string of the molecule is CCCCCCCC(OC)OC.CCCCCCCC(OC)OC. The Balaban J connectivity index is 0. The van der Waals surface area contributed by atoms with Gasteiger partial charge in [-0.3, -0.25) is 0 Å². The van der Waals surface area contributed by atoms with E-state index < -0.39 is 0 Å². The fraction of sp³-hybridized carbons (Fsp3) is 1.00. The zero-order chi connectivity index (χ0) is 18.5. The van der Waals surface area contributed by atoms with E-state index in [1.807, 2.05) is 0 Å². The summed E-state index contributed by atoms with van der Waals surface area (Å²) in [6.45, 7) is 4.46. The standard InChI is InChI=1S/2C10H22O2/c2*1-4-5-6-7-8-9-10(11-2)12-3/h2*10H,4-9H2,1-3H3. The number of ether oxygens (including phenoxy) is 4. The van der Waals surface area contributed by atoms with Gasteiger partial charge in [-0.1, -0.05) is 65.2 Å². The van der Waals surface area contributed by atoms with Gasteiger partial charge in [0.05, 0.1) is 0 Å². The van der Waals surface area contributed by atoms with Crippen molar-refractivity contribution in [2.45, 2.75) is 103 Å². The predicted molar refractivity (Wildman–Crippen MR) is 102 cm³/mol. The molecule has 0 atom stereocenters. The number of unbranched alkanes of at least 4 members (excludes halogenated alkanes) is 8. The molecule has 24 heavy (non-hydrogen) atoms. The van der Waals surface area contributed by atoms with E-state index in [9.17, 15) is 0 Å². The summed E-state index contributed by atoms with van der Waals surface area (Å²) in [4.78, 5) is 0. The first-order valence-electron chi connectivity index (χ1n) is 9.81. The minimum absolute atomic E-state index is 0.00614. The summed E-state index contributed by atoms with van der Waals surface area (Å²) >= 11 is 0. The first-order valence-corrected chi connectivity index (χ1v) is 9.81. The Kier molecular flexibility index (Phi) is 24.8. The first kappa shape index (κ1) is 26.1. The van der Waals surface area contributed by atoms with Gasteiger partial charge < -0.3 is 18.9 Å². The zero-order valence-electron chi connectivity index (χ0n) is 17.3. The fourth-order valence-electron chi connectivity index (χ4n) is 2.49. The maximum absolute atomic E-state index is 5.08. The lowest BCUT2D eigenvalue weighted by molar-refractivity contribution is -0.107. The minimum atomic E-state index is 0.00614. The van der Waals surface area contributed by atoms with E-state index >= 15 is 0 Å². The van der Waals surface area contributed by atoms with Gasteiger partial charge in [-0.25, -0.2) is 0 Å². The quantitative estimate of drug-likeness (QED) is 0.256. The van der Waals surface area contributed by atoms with Crippen molar-refractivity contribution in [1.29, 1.82) is 0 Å². The Bertz CT molecular complexity index is 182. The lowest BCUT2D eigenvalue weighted by Crippen LogP contribution is -2.12. The Labute approximate surface area is 151 Å². The van der Waals surface area contributed by atoms with E-state index in [0.29, 0.717) is 0 Å². The second-order valence-electron chi connectivity index (χ2n) is 6.21. The van der Waals surface area contributed by atoms with Crippen LogP contribution in [0.4, 0.5) is 0 Å². The highest BCUT2D eigenvalue weighted by molar-refractivity contribution is 4.47. The summed E-state index contributed by atoms with van der Waals surface area (Å²) in [6, 6.07) is 0. The zero-order valence-corrected chi connectivity index (χ0v) is 17.3. The molecule has 0 bridgehead atoms. The van der Waals surface area contributed by atoms with Crippen LogP contribution in [0, 0.1) is 0 Å². The maximum Gasteiger partial charge on any atom is 0.156 e. The minimum Gasteiger partial charge on any atom is -0.356 e. The molecule has 0 radical (unpaired) electrons. The van der Waals surface area contributed by atoms with Crippen molar-refractivity contribution in [2.24, 2.45) is 0 Å². The van der Waals surface area contributed by atoms with Gasteiger partial charge in [-0.2, -0.15) is 0 Å². The molecular formula is C20H44O4. The molecule has 0 aliphatic rings. The second kappa shape index (κ2) is 22.8. The smallest absolute Gasteiger partial charge is 0.156 e. The highest BCUT2D eigenvalue weighted by Gasteiger charge is 2.03. The number of rotatable bonds is 16. The van der Waals surface area contributed by atoms with E-state index in [2.05, 4.69) is 13.8 Å². The van der Waals surface area contributed by atoms with Gasteiger partial charge in [-0.05, 0) is 25.7 Å². The third kappa shape index (κ3) is 19.9. The van der Waals surface area contributed by atoms with Gasteiger partial charge in [0.2, 0.25) is 0 Å². The second-order valence-corrected chi connectivity index (χ2v) is 6.21. The molecule has 148 valence electrons. The molecule has 0 fully saturated rings. The van der Waals surface area contributed by atoms with Crippen LogP contribution in [-0.4, -0.2) is 41.0 Å². The summed E-state index contributed by atoms with van der Waals surface area (Å²) < 4.78 is 20.3. The van der Waals surface area contributed by atoms with Crippen LogP contribution >= 0.6 is 0 Å². The van der Waals surface area contributed by atoms with Gasteiger partial charge in [0.15, 0.2) is 12.6 Å². The normalized spacial score (nSPS) is 11.0. The van der Waals surface area contributed by atoms with Gasteiger partial charge in [0.25, 0.3) is 0 Å². The summed E-state index contributed by atoms with van der Waals surface area (Å²) in [5.41, 5.74) is 0. The van der Waals surface area contributed by atoms with Crippen LogP contribution in [0.3, 0.4) is 0 Å². The topological polar surface area (TPSA) is 36.9 Å². The third-order valence-electron chi connectivity index (χ3n) is 4.14. The molecule has 0 unspecified atom stereocenters. The van der Waals surface area contributed by atoms with E-state index in [4.69, 9.17) is 18.9 Å². The summed E-state index contributed by atoms with van der Waals surface area (Å²) in [5, 5.41) is 0. The molecule has 0 amide bonds. The molecule has 0 rings (SSSR count). The number of methoxy groups -OCH3 is 4. The number of hydrogen-bond acceptors (Lipinski definition) is 4. The van der Waals surface area contributed by atoms with Crippen LogP contribution in [0.15, 0.2) is 0 Å². The first-order chi connectivity index (χ1) is 11.7. The maximum atomic E-state index is 5.08. The highest BCUT2D eigenvalue weighted by Crippen LogP contribution is 2.09. The molecule has 0 heterocycles. The average molecular weight is 349 g/mol. The van der Waals surface area contributed by atoms with Crippen molar-refractivity contribution in [3.8, 4) is 0 Å². The summed E-state index contributed by atoms with van der Waals surface area (Å²) in [7, 11) is 6.78. The highest BCUT2D eigenvalue weighted by atomic mass is 16.7. The van der Waals surface area contributed by atoms with E-state index in [1.54, 1.807) is 28.4 Å². The molecule has 4 nitrogen and oxygen atoms in total. The molecule has 0 saturated carbocycles. The lowest BCUT2D eigenvalue weighted by atomic mass is 10.1. The molecule has 0 spiro atoms. The Morgan fingerprint density at radius 3 is 1.00 bits per heavy atom. The van der Waals surface area contributed by atoms with Gasteiger partial charge >= 0.3 is 0 Å². The predicted octanol–water partition coefficient (Wildman–Crippen LogP) is 5.93. The average Bonchev–Trinajstić information content (AvgIpc) is 2.62. The van der Waals surface area contributed by atoms with Crippen LogP contribution in [-0.2, 0) is 18.9 Å². The van der Waals surface area contributed by atoms with Gasteiger partial charge in [-0.15, -0.1) is 0 Å². The summed E-state index contributed by atoms with van der Waals surface area (Å²) in [6.07, 6.45) is 15.1. The van der Waals surface area contributed by atoms with Crippen LogP contribution in [0.5, 0.6) is 0 Å². The molecule has 0 aliphatic carbocycles. The van der Waals surface area contributed by atoms with Crippen molar-refractivity contribution >= 4 is 0 Å². The molecule has 4 heteroatoms. The van der Waals surface area contributed by atoms with Gasteiger partial charge in [0, 0.05) is 28.4 Å². The van der Waals surface area contributed by atoms with E-state index in [0.717, 1.165) is 12.8 Å². The molecule has 0 aliphatic heterocycles. The monoisotopic (exact) mass is 348 g/mol. The molecular weight excluding hydrogens is 304 g/mol. The van der Waals surface area contributed by atoms with E-state index in [1.165, 1.54) is 64.2 Å². The molecule has 0 aromatic rings. The number of hydrogen-bond donors (Lipinski definition) is 0. The fourth-order valence-corrected chi connectivity index (χ4v) is 2.49. The van der Waals surface area contributed by atoms with Crippen molar-refractivity contribution in [2.75, 3.05) is 28.4 Å². The Hall–Kier alpha value is -0.160. The largest absolute Gasteiger partial charge is 0.356 e. The molecule has 0 N–H and O–H groups in total. The van der Waals surface area contributed by atoms with Crippen LogP contribution in [0.25, 0.3) is 0 Å². The molecule has 0 aromatic carbocycles. The van der Waals surface area contributed by atoms with Crippen molar-refractivity contribution in [3.05, 3.63) is 0 Å². The van der Waals surface area contributed by atoms with Crippen molar-refractivity contribution in [3.63, 3.8) is 0 Å². The summed E-state index contributed by atoms with van der Waals surface area (Å²) in [5.74, 6) is 0. The Morgan fingerprint density at radius 1 is 0.458 bits per heavy atom. The lowest BCUT2D eigenvalue weighted by Gasteiger charge is -2.12. The molecule has 0 saturated heterocycles. The van der Waals surface area contributed by atoms with Crippen LogP contribution in [0.1, 0.15) is 90.9 Å². The molecule has 0 aromatic heterocycles. The third-order valence-corrected chi connectivity index (χ3v) is 4.14.